The lowest BCUT2D eigenvalue weighted by Crippen LogP contribution is -2.06. The van der Waals surface area contributed by atoms with Crippen molar-refractivity contribution in [2.45, 2.75) is 20.4 Å². The molecular formula is C19H21N5O. The van der Waals surface area contributed by atoms with Gasteiger partial charge >= 0.3 is 0 Å². The second-order valence-corrected chi connectivity index (χ2v) is 5.51. The lowest BCUT2D eigenvalue weighted by atomic mass is 10.3. The van der Waals surface area contributed by atoms with Gasteiger partial charge in [0.05, 0.1) is 6.61 Å². The van der Waals surface area contributed by atoms with Crippen molar-refractivity contribution in [2.75, 3.05) is 17.2 Å². The minimum atomic E-state index is 0.588. The molecule has 128 valence electrons. The van der Waals surface area contributed by atoms with E-state index in [1.165, 1.54) is 0 Å². The molecule has 0 radical (unpaired) electrons. The van der Waals surface area contributed by atoms with Crippen LogP contribution in [0.4, 0.5) is 17.5 Å². The van der Waals surface area contributed by atoms with Gasteiger partial charge in [-0.05, 0) is 55.8 Å². The van der Waals surface area contributed by atoms with Crippen LogP contribution >= 0.6 is 0 Å². The molecule has 0 amide bonds. The number of aromatic nitrogens is 3. The van der Waals surface area contributed by atoms with Gasteiger partial charge in [-0.3, -0.25) is 4.98 Å². The number of pyridine rings is 1. The molecule has 6 heteroatoms. The number of rotatable bonds is 7. The monoisotopic (exact) mass is 335 g/mol. The number of ether oxygens (including phenoxy) is 1. The Kier molecular flexibility index (Phi) is 5.41. The molecular weight excluding hydrogens is 314 g/mol. The van der Waals surface area contributed by atoms with Crippen molar-refractivity contribution in [2.24, 2.45) is 0 Å². The largest absolute Gasteiger partial charge is 0.494 e. The lowest BCUT2D eigenvalue weighted by molar-refractivity contribution is 0.340. The molecule has 0 spiro atoms. The van der Waals surface area contributed by atoms with Crippen molar-refractivity contribution < 1.29 is 4.74 Å². The second-order valence-electron chi connectivity index (χ2n) is 5.51. The summed E-state index contributed by atoms with van der Waals surface area (Å²) in [6.07, 6.45) is 3.54. The highest BCUT2D eigenvalue weighted by atomic mass is 16.5. The summed E-state index contributed by atoms with van der Waals surface area (Å²) in [5, 5.41) is 6.54. The average Bonchev–Trinajstić information content (AvgIpc) is 2.62. The summed E-state index contributed by atoms with van der Waals surface area (Å²) in [4.78, 5) is 13.0. The predicted molar refractivity (Wildman–Crippen MR) is 99.2 cm³/mol. The van der Waals surface area contributed by atoms with Crippen LogP contribution in [-0.4, -0.2) is 21.6 Å². The van der Waals surface area contributed by atoms with Crippen molar-refractivity contribution >= 4 is 17.5 Å². The van der Waals surface area contributed by atoms with E-state index in [2.05, 4.69) is 25.6 Å². The number of hydrogen-bond acceptors (Lipinski definition) is 6. The molecule has 0 fully saturated rings. The van der Waals surface area contributed by atoms with Gasteiger partial charge in [0.2, 0.25) is 5.95 Å². The average molecular weight is 335 g/mol. The molecule has 0 aliphatic rings. The Bertz CT molecular complexity index is 806. The Morgan fingerprint density at radius 3 is 2.48 bits per heavy atom. The molecule has 0 aliphatic carbocycles. The fourth-order valence-corrected chi connectivity index (χ4v) is 2.34. The molecule has 0 aliphatic heterocycles. The topological polar surface area (TPSA) is 72.0 Å². The molecule has 2 aromatic heterocycles. The summed E-state index contributed by atoms with van der Waals surface area (Å²) in [6.45, 7) is 5.22. The third-order valence-electron chi connectivity index (χ3n) is 3.49. The van der Waals surface area contributed by atoms with Crippen molar-refractivity contribution in [1.29, 1.82) is 0 Å². The maximum Gasteiger partial charge on any atom is 0.225 e. The number of aryl methyl sites for hydroxylation is 1. The Hall–Kier alpha value is -3.15. The summed E-state index contributed by atoms with van der Waals surface area (Å²) in [6, 6.07) is 13.6. The van der Waals surface area contributed by atoms with Crippen LogP contribution in [0.25, 0.3) is 0 Å². The number of anilines is 3. The van der Waals surface area contributed by atoms with Gasteiger partial charge in [-0.25, -0.2) is 4.98 Å². The minimum absolute atomic E-state index is 0.588. The van der Waals surface area contributed by atoms with E-state index in [-0.39, 0.29) is 0 Å². The predicted octanol–water partition coefficient (Wildman–Crippen LogP) is 3.93. The van der Waals surface area contributed by atoms with Crippen LogP contribution in [0.1, 0.15) is 18.2 Å². The smallest absolute Gasteiger partial charge is 0.225 e. The van der Waals surface area contributed by atoms with E-state index >= 15 is 0 Å². The molecule has 0 unspecified atom stereocenters. The first-order valence-corrected chi connectivity index (χ1v) is 8.21. The summed E-state index contributed by atoms with van der Waals surface area (Å²) >= 11 is 0. The van der Waals surface area contributed by atoms with E-state index in [9.17, 15) is 0 Å². The van der Waals surface area contributed by atoms with Crippen molar-refractivity contribution in [3.8, 4) is 5.75 Å². The summed E-state index contributed by atoms with van der Waals surface area (Å²) in [5.41, 5.74) is 2.96. The molecule has 6 nitrogen and oxygen atoms in total. The fraction of sp³-hybridized carbons (Fsp3) is 0.211. The fourth-order valence-electron chi connectivity index (χ4n) is 2.34. The number of benzene rings is 1. The molecule has 2 heterocycles. The van der Waals surface area contributed by atoms with Crippen LogP contribution in [0.3, 0.4) is 0 Å². The Morgan fingerprint density at radius 1 is 1.00 bits per heavy atom. The highest BCUT2D eigenvalue weighted by molar-refractivity contribution is 5.58. The van der Waals surface area contributed by atoms with Crippen molar-refractivity contribution in [3.63, 3.8) is 0 Å². The van der Waals surface area contributed by atoms with Gasteiger partial charge in [0.1, 0.15) is 11.6 Å². The van der Waals surface area contributed by atoms with E-state index in [0.717, 1.165) is 28.5 Å². The van der Waals surface area contributed by atoms with Crippen molar-refractivity contribution in [1.82, 2.24) is 15.0 Å². The number of nitrogens with zero attached hydrogens (tertiary/aromatic N) is 3. The van der Waals surface area contributed by atoms with Gasteiger partial charge in [0.15, 0.2) is 0 Å². The van der Waals surface area contributed by atoms with Gasteiger partial charge in [0.25, 0.3) is 0 Å². The lowest BCUT2D eigenvalue weighted by Gasteiger charge is -2.10. The first-order chi connectivity index (χ1) is 12.2. The number of hydrogen-bond donors (Lipinski definition) is 2. The first kappa shape index (κ1) is 16.7. The van der Waals surface area contributed by atoms with Crippen LogP contribution in [-0.2, 0) is 6.54 Å². The second kappa shape index (κ2) is 8.10. The van der Waals surface area contributed by atoms with Crippen LogP contribution in [0.15, 0.2) is 54.9 Å². The summed E-state index contributed by atoms with van der Waals surface area (Å²) in [7, 11) is 0. The SMILES string of the molecule is CCOc1ccc(Nc2cc(C)nc(NCc3ccncc3)n2)cc1. The minimum Gasteiger partial charge on any atom is -0.494 e. The standard InChI is InChI=1S/C19H21N5O/c1-3-25-17-6-4-16(5-7-17)23-18-12-14(2)22-19(24-18)21-13-15-8-10-20-11-9-15/h4-12H,3,13H2,1-2H3,(H2,21,22,23,24). The summed E-state index contributed by atoms with van der Waals surface area (Å²) < 4.78 is 5.46. The highest BCUT2D eigenvalue weighted by Gasteiger charge is 2.03. The van der Waals surface area contributed by atoms with Crippen molar-refractivity contribution in [3.05, 3.63) is 66.1 Å². The normalized spacial score (nSPS) is 10.3. The maximum atomic E-state index is 5.46. The molecule has 2 N–H and O–H groups in total. The van der Waals surface area contributed by atoms with Crippen LogP contribution in [0.5, 0.6) is 5.75 Å². The molecule has 3 rings (SSSR count). The third kappa shape index (κ3) is 4.91. The highest BCUT2D eigenvalue weighted by Crippen LogP contribution is 2.20. The Morgan fingerprint density at radius 2 is 1.76 bits per heavy atom. The molecule has 3 aromatic rings. The molecule has 0 saturated carbocycles. The third-order valence-corrected chi connectivity index (χ3v) is 3.49. The van der Waals surface area contributed by atoms with E-state index in [1.807, 2.05) is 56.3 Å². The zero-order valence-corrected chi connectivity index (χ0v) is 14.4. The van der Waals surface area contributed by atoms with Gasteiger partial charge in [-0.15, -0.1) is 0 Å². The zero-order valence-electron chi connectivity index (χ0n) is 14.4. The van der Waals surface area contributed by atoms with Gasteiger partial charge < -0.3 is 15.4 Å². The van der Waals surface area contributed by atoms with Gasteiger partial charge in [0, 0.05) is 36.4 Å². The van der Waals surface area contributed by atoms with E-state index in [0.29, 0.717) is 19.1 Å². The van der Waals surface area contributed by atoms with Gasteiger partial charge in [-0.2, -0.15) is 4.98 Å². The summed E-state index contributed by atoms with van der Waals surface area (Å²) in [5.74, 6) is 2.19. The molecule has 0 bridgehead atoms. The Labute approximate surface area is 147 Å². The van der Waals surface area contributed by atoms with Crippen LogP contribution < -0.4 is 15.4 Å². The molecule has 0 atom stereocenters. The van der Waals surface area contributed by atoms with E-state index in [1.54, 1.807) is 12.4 Å². The number of nitrogens with one attached hydrogen (secondary N) is 2. The maximum absolute atomic E-state index is 5.46. The molecule has 0 saturated heterocycles. The van der Waals surface area contributed by atoms with Crippen LogP contribution in [0, 0.1) is 6.92 Å². The Balaban J connectivity index is 1.68. The zero-order chi connectivity index (χ0) is 17.5. The van der Waals surface area contributed by atoms with Gasteiger partial charge in [-0.1, -0.05) is 0 Å². The molecule has 1 aromatic carbocycles. The molecule has 25 heavy (non-hydrogen) atoms. The van der Waals surface area contributed by atoms with E-state index in [4.69, 9.17) is 4.74 Å². The quantitative estimate of drug-likeness (QED) is 0.681. The first-order valence-electron chi connectivity index (χ1n) is 8.21. The van der Waals surface area contributed by atoms with Crippen LogP contribution in [0.2, 0.25) is 0 Å². The van der Waals surface area contributed by atoms with E-state index < -0.39 is 0 Å².